The number of aliphatic hydroxyl groups is 1. The molecule has 10 heteroatoms. The van der Waals surface area contributed by atoms with Crippen molar-refractivity contribution in [2.45, 2.75) is 86.6 Å². The third kappa shape index (κ3) is 7.63. The Balaban J connectivity index is 1.16. The predicted octanol–water partition coefficient (Wildman–Crippen LogP) is 7.09. The third-order valence-corrected chi connectivity index (χ3v) is 11.9. The van der Waals surface area contributed by atoms with E-state index in [-0.39, 0.29) is 40.7 Å². The molecule has 47 heavy (non-hydrogen) atoms. The monoisotopic (exact) mass is 677 g/mol. The summed E-state index contributed by atoms with van der Waals surface area (Å²) in [6, 6.07) is 13.5. The quantitative estimate of drug-likeness (QED) is 0.122. The maximum absolute atomic E-state index is 13.1. The number of carbonyl (C=O) groups is 2. The zero-order chi connectivity index (χ0) is 33.0. The molecule has 8 nitrogen and oxygen atoms in total. The molecular formula is C37H44ClN3O5S. The highest BCUT2D eigenvalue weighted by Gasteiger charge is 2.44. The molecule has 3 aromatic rings. The molecule has 1 fully saturated rings. The van der Waals surface area contributed by atoms with Crippen molar-refractivity contribution < 1.29 is 24.2 Å². The smallest absolute Gasteiger partial charge is 0.337 e. The number of fused-ring (bicyclic) bond motifs is 3. The fourth-order valence-electron chi connectivity index (χ4n) is 7.62. The maximum atomic E-state index is 13.1. The summed E-state index contributed by atoms with van der Waals surface area (Å²) in [5.74, 6) is 0.706. The number of Topliss-reactive ketones (excluding diaryl/α,β-unsaturated/α-hetero) is 1. The molecule has 1 aliphatic heterocycles. The number of hydrogen-bond donors (Lipinski definition) is 1. The Morgan fingerprint density at radius 1 is 1.19 bits per heavy atom. The molecule has 2 aromatic carbocycles. The number of nitrogens with zero attached hydrogens (tertiary/aromatic N) is 3. The third-order valence-electron chi connectivity index (χ3n) is 10.3. The molecule has 0 amide bonds. The summed E-state index contributed by atoms with van der Waals surface area (Å²) in [5, 5.41) is 13.1. The van der Waals surface area contributed by atoms with Gasteiger partial charge in [0, 0.05) is 54.0 Å². The Morgan fingerprint density at radius 3 is 2.77 bits per heavy atom. The number of ketones is 1. The van der Waals surface area contributed by atoms with Crippen LogP contribution >= 0.6 is 23.4 Å². The average Bonchev–Trinajstić information content (AvgIpc) is 3.21. The van der Waals surface area contributed by atoms with Crippen LogP contribution in [0.1, 0.15) is 79.8 Å². The summed E-state index contributed by atoms with van der Waals surface area (Å²) < 4.78 is 11.6. The van der Waals surface area contributed by atoms with Gasteiger partial charge in [-0.3, -0.25) is 4.79 Å². The van der Waals surface area contributed by atoms with Crippen molar-refractivity contribution in [1.82, 2.24) is 9.97 Å². The summed E-state index contributed by atoms with van der Waals surface area (Å²) in [6.07, 6.45) is 9.93. The fourth-order valence-corrected chi connectivity index (χ4v) is 8.76. The number of aliphatic hydroxyl groups excluding tert-OH is 1. The van der Waals surface area contributed by atoms with Crippen LogP contribution in [0.25, 0.3) is 0 Å². The number of halogens is 1. The van der Waals surface area contributed by atoms with E-state index in [1.54, 1.807) is 36.3 Å². The fraction of sp³-hybridized carbons (Fsp3) is 0.514. The number of benzene rings is 2. The number of rotatable bonds is 12. The Kier molecular flexibility index (Phi) is 10.7. The molecule has 0 radical (unpaired) electrons. The van der Waals surface area contributed by atoms with Crippen molar-refractivity contribution in [2.24, 2.45) is 11.8 Å². The minimum Gasteiger partial charge on any atom is -0.490 e. The van der Waals surface area contributed by atoms with Crippen LogP contribution in [-0.4, -0.2) is 65.0 Å². The van der Waals surface area contributed by atoms with E-state index in [4.69, 9.17) is 21.1 Å². The highest BCUT2D eigenvalue weighted by Crippen LogP contribution is 2.47. The Bertz CT molecular complexity index is 1570. The normalized spacial score (nSPS) is 23.0. The molecule has 1 saturated carbocycles. The van der Waals surface area contributed by atoms with Crippen LogP contribution in [0.4, 0.5) is 5.69 Å². The van der Waals surface area contributed by atoms with Gasteiger partial charge in [-0.2, -0.15) is 0 Å². The SMILES string of the molecule is CC[C@H](CCC(=O)C[C@H](O)[C@@H]1CC[C@H]1CN1CC2(CCCc3cc(Cl)ccc32)COc2ccc(C(=O)OC)cc21)Sc1ncccn1. The number of carbonyl (C=O) groups excluding carboxylic acids is 2. The molecule has 1 spiro atoms. The molecule has 0 bridgehead atoms. The lowest BCUT2D eigenvalue weighted by atomic mass is 9.68. The van der Waals surface area contributed by atoms with Crippen LogP contribution in [0, 0.1) is 11.8 Å². The number of thioether (sulfide) groups is 1. The second-order valence-electron chi connectivity index (χ2n) is 13.3. The van der Waals surface area contributed by atoms with E-state index < -0.39 is 6.10 Å². The van der Waals surface area contributed by atoms with Crippen molar-refractivity contribution in [3.63, 3.8) is 0 Å². The highest BCUT2D eigenvalue weighted by atomic mass is 35.5. The molecule has 1 unspecified atom stereocenters. The number of hydrogen-bond acceptors (Lipinski definition) is 9. The number of esters is 1. The topological polar surface area (TPSA) is 102 Å². The van der Waals surface area contributed by atoms with Crippen molar-refractivity contribution >= 4 is 40.8 Å². The van der Waals surface area contributed by atoms with Gasteiger partial charge in [0.25, 0.3) is 0 Å². The number of methoxy groups -OCH3 is 1. The second-order valence-corrected chi connectivity index (χ2v) is 15.0. The van der Waals surface area contributed by atoms with Crippen LogP contribution < -0.4 is 9.64 Å². The molecule has 2 aliphatic carbocycles. The van der Waals surface area contributed by atoms with Gasteiger partial charge in [-0.1, -0.05) is 36.4 Å². The molecule has 1 N–H and O–H groups in total. The Labute approximate surface area is 286 Å². The van der Waals surface area contributed by atoms with E-state index in [0.29, 0.717) is 25.1 Å². The summed E-state index contributed by atoms with van der Waals surface area (Å²) in [5.41, 5.74) is 3.65. The largest absolute Gasteiger partial charge is 0.490 e. The van der Waals surface area contributed by atoms with Gasteiger partial charge in [0.15, 0.2) is 5.16 Å². The lowest BCUT2D eigenvalue weighted by molar-refractivity contribution is -0.123. The van der Waals surface area contributed by atoms with Gasteiger partial charge in [0.1, 0.15) is 11.5 Å². The number of aromatic nitrogens is 2. The van der Waals surface area contributed by atoms with Crippen molar-refractivity contribution in [3.05, 3.63) is 76.6 Å². The zero-order valence-corrected chi connectivity index (χ0v) is 28.8. The van der Waals surface area contributed by atoms with E-state index in [2.05, 4.69) is 33.9 Å². The molecule has 1 aromatic heterocycles. The van der Waals surface area contributed by atoms with Gasteiger partial charge in [0.2, 0.25) is 0 Å². The first-order chi connectivity index (χ1) is 22.8. The van der Waals surface area contributed by atoms with Crippen LogP contribution in [0.3, 0.4) is 0 Å². The van der Waals surface area contributed by atoms with E-state index in [1.807, 2.05) is 18.2 Å². The minimum absolute atomic E-state index is 0.0397. The lowest BCUT2D eigenvalue weighted by Gasteiger charge is -2.45. The summed E-state index contributed by atoms with van der Waals surface area (Å²) >= 11 is 8.02. The lowest BCUT2D eigenvalue weighted by Crippen LogP contribution is -2.49. The molecule has 6 rings (SSSR count). The highest BCUT2D eigenvalue weighted by molar-refractivity contribution is 7.99. The van der Waals surface area contributed by atoms with E-state index >= 15 is 0 Å². The molecule has 250 valence electrons. The van der Waals surface area contributed by atoms with Crippen LogP contribution in [-0.2, 0) is 21.4 Å². The maximum Gasteiger partial charge on any atom is 0.337 e. The summed E-state index contributed by atoms with van der Waals surface area (Å²) in [7, 11) is 1.39. The molecule has 0 saturated heterocycles. The van der Waals surface area contributed by atoms with Gasteiger partial charge < -0.3 is 19.5 Å². The van der Waals surface area contributed by atoms with Gasteiger partial charge in [-0.15, -0.1) is 0 Å². The van der Waals surface area contributed by atoms with Crippen LogP contribution in [0.5, 0.6) is 5.75 Å². The van der Waals surface area contributed by atoms with Crippen molar-refractivity contribution in [3.8, 4) is 5.75 Å². The molecule has 2 heterocycles. The Hall–Kier alpha value is -3.14. The van der Waals surface area contributed by atoms with E-state index in [1.165, 1.54) is 18.2 Å². The van der Waals surface area contributed by atoms with Crippen LogP contribution in [0.15, 0.2) is 60.0 Å². The minimum atomic E-state index is -0.679. The molecule has 5 atom stereocenters. The van der Waals surface area contributed by atoms with Crippen LogP contribution in [0.2, 0.25) is 5.02 Å². The number of ether oxygens (including phenoxy) is 2. The first-order valence-corrected chi connectivity index (χ1v) is 18.1. The van der Waals surface area contributed by atoms with Gasteiger partial charge in [0.05, 0.1) is 31.1 Å². The van der Waals surface area contributed by atoms with Crippen molar-refractivity contribution in [1.29, 1.82) is 0 Å². The standard InChI is InChI=1S/C37H44ClN3O5S/c1-3-29(47-36-39-16-5-17-40-36)11-10-28(42)20-33(43)30-12-7-26(30)21-41-22-37(15-4-6-24-18-27(38)9-13-31(24)37)23-46-34-14-8-25(19-32(34)41)35(44)45-2/h5,8-9,13-14,16-19,26,29-30,33,43H,3-4,6-7,10-12,15,20-23H2,1-2H3/t26-,29+,30+,33-,37?/m0/s1. The molecular weight excluding hydrogens is 634 g/mol. The van der Waals surface area contributed by atoms with Gasteiger partial charge >= 0.3 is 5.97 Å². The zero-order valence-electron chi connectivity index (χ0n) is 27.2. The predicted molar refractivity (Wildman–Crippen MR) is 185 cm³/mol. The van der Waals surface area contributed by atoms with E-state index in [9.17, 15) is 14.7 Å². The second kappa shape index (κ2) is 15.0. The van der Waals surface area contributed by atoms with Crippen molar-refractivity contribution in [2.75, 3.05) is 31.7 Å². The first kappa shape index (κ1) is 33.7. The first-order valence-electron chi connectivity index (χ1n) is 16.8. The summed E-state index contributed by atoms with van der Waals surface area (Å²) in [6.45, 7) is 4.07. The van der Waals surface area contributed by atoms with Gasteiger partial charge in [-0.05, 0) is 104 Å². The number of anilines is 1. The van der Waals surface area contributed by atoms with E-state index in [0.717, 1.165) is 73.1 Å². The number of aryl methyl sites for hydroxylation is 1. The summed E-state index contributed by atoms with van der Waals surface area (Å²) in [4.78, 5) is 36.6. The average molecular weight is 678 g/mol. The van der Waals surface area contributed by atoms with Gasteiger partial charge in [-0.25, -0.2) is 14.8 Å². The molecule has 3 aliphatic rings. The Morgan fingerprint density at radius 2 is 2.02 bits per heavy atom.